The number of pyridine rings is 1. The van der Waals surface area contributed by atoms with Crippen LogP contribution in [-0.4, -0.2) is 44.4 Å². The van der Waals surface area contributed by atoms with Gasteiger partial charge < -0.3 is 9.84 Å². The average Bonchev–Trinajstić information content (AvgIpc) is 2.90. The summed E-state index contributed by atoms with van der Waals surface area (Å²) in [6.07, 6.45) is 1.54. The van der Waals surface area contributed by atoms with Crippen LogP contribution in [0.4, 0.5) is 4.79 Å². The standard InChI is InChI=1S/C18H26N2O4S/c1-11(2)25-13-7-6-9-19-14(13)15-12(16(21)22)8-10-20(15)17(23)24-18(3,4)5/h6-7,9,11-12,15H,8,10H2,1-5H3,(H,21,22)/t12-,15-/m1/s1. The predicted octanol–water partition coefficient (Wildman–Crippen LogP) is 3.96. The maximum atomic E-state index is 12.6. The molecule has 0 unspecified atom stereocenters. The van der Waals surface area contributed by atoms with E-state index >= 15 is 0 Å². The van der Waals surface area contributed by atoms with Crippen molar-refractivity contribution in [2.24, 2.45) is 5.92 Å². The number of carbonyl (C=O) groups excluding carboxylic acids is 1. The molecule has 1 N–H and O–H groups in total. The molecule has 0 saturated carbocycles. The molecule has 1 fully saturated rings. The molecule has 138 valence electrons. The van der Waals surface area contributed by atoms with Crippen molar-refractivity contribution in [3.05, 3.63) is 24.0 Å². The van der Waals surface area contributed by atoms with Crippen LogP contribution in [0.5, 0.6) is 0 Å². The van der Waals surface area contributed by atoms with E-state index in [4.69, 9.17) is 4.74 Å². The van der Waals surface area contributed by atoms with Gasteiger partial charge >= 0.3 is 12.1 Å². The molecule has 0 bridgehead atoms. The second-order valence-corrected chi connectivity index (χ2v) is 9.02. The predicted molar refractivity (Wildman–Crippen MR) is 96.7 cm³/mol. The molecule has 0 aliphatic carbocycles. The highest BCUT2D eigenvalue weighted by molar-refractivity contribution is 8.00. The molecule has 0 aromatic carbocycles. The van der Waals surface area contributed by atoms with Crippen molar-refractivity contribution in [1.82, 2.24) is 9.88 Å². The second kappa shape index (κ2) is 7.64. The summed E-state index contributed by atoms with van der Waals surface area (Å²) in [5, 5.41) is 9.96. The van der Waals surface area contributed by atoms with Crippen LogP contribution in [0.1, 0.15) is 52.8 Å². The van der Waals surface area contributed by atoms with Crippen LogP contribution < -0.4 is 0 Å². The number of amides is 1. The van der Waals surface area contributed by atoms with E-state index in [2.05, 4.69) is 18.8 Å². The molecule has 1 aromatic heterocycles. The number of carbonyl (C=O) groups is 2. The Hall–Kier alpha value is -1.76. The summed E-state index contributed by atoms with van der Waals surface area (Å²) in [6.45, 7) is 9.87. The minimum Gasteiger partial charge on any atom is -0.481 e. The number of nitrogens with zero attached hydrogens (tertiary/aromatic N) is 2. The first-order valence-electron chi connectivity index (χ1n) is 8.44. The van der Waals surface area contributed by atoms with Gasteiger partial charge in [0.25, 0.3) is 0 Å². The minimum absolute atomic E-state index is 0.322. The molecule has 2 atom stereocenters. The molecular weight excluding hydrogens is 340 g/mol. The van der Waals surface area contributed by atoms with Gasteiger partial charge in [-0.1, -0.05) is 13.8 Å². The van der Waals surface area contributed by atoms with Gasteiger partial charge in [0.2, 0.25) is 0 Å². The molecule has 1 aromatic rings. The number of hydrogen-bond donors (Lipinski definition) is 1. The molecular formula is C18H26N2O4S. The topological polar surface area (TPSA) is 79.7 Å². The number of carboxylic acids is 1. The van der Waals surface area contributed by atoms with Crippen molar-refractivity contribution in [2.75, 3.05) is 6.54 Å². The van der Waals surface area contributed by atoms with Crippen molar-refractivity contribution in [2.45, 2.75) is 62.8 Å². The van der Waals surface area contributed by atoms with Gasteiger partial charge in [-0.15, -0.1) is 11.8 Å². The normalized spacial score (nSPS) is 20.8. The van der Waals surface area contributed by atoms with E-state index in [1.54, 1.807) is 38.7 Å². The highest BCUT2D eigenvalue weighted by Crippen LogP contribution is 2.41. The molecule has 1 aliphatic heterocycles. The molecule has 2 heterocycles. The van der Waals surface area contributed by atoms with Gasteiger partial charge in [-0.3, -0.25) is 14.7 Å². The number of hydrogen-bond acceptors (Lipinski definition) is 5. The van der Waals surface area contributed by atoms with Crippen molar-refractivity contribution >= 4 is 23.8 Å². The Balaban J connectivity index is 2.41. The van der Waals surface area contributed by atoms with Gasteiger partial charge in [0.1, 0.15) is 5.60 Å². The van der Waals surface area contributed by atoms with Crippen LogP contribution in [0.15, 0.2) is 23.2 Å². The number of rotatable bonds is 4. The quantitative estimate of drug-likeness (QED) is 0.812. The average molecular weight is 366 g/mol. The zero-order valence-electron chi connectivity index (χ0n) is 15.4. The number of ether oxygens (including phenoxy) is 1. The summed E-state index contributed by atoms with van der Waals surface area (Å²) in [7, 11) is 0. The number of likely N-dealkylation sites (tertiary alicyclic amines) is 1. The maximum absolute atomic E-state index is 12.6. The molecule has 6 nitrogen and oxygen atoms in total. The zero-order chi connectivity index (χ0) is 18.8. The monoisotopic (exact) mass is 366 g/mol. The summed E-state index contributed by atoms with van der Waals surface area (Å²) in [5.41, 5.74) is -0.000263. The van der Waals surface area contributed by atoms with Crippen LogP contribution in [0.25, 0.3) is 0 Å². The second-order valence-electron chi connectivity index (χ2n) is 7.41. The Bertz CT molecular complexity index is 642. The van der Waals surface area contributed by atoms with E-state index in [9.17, 15) is 14.7 Å². The molecule has 7 heteroatoms. The molecule has 0 spiro atoms. The summed E-state index contributed by atoms with van der Waals surface area (Å²) in [6, 6.07) is 3.14. The van der Waals surface area contributed by atoms with Crippen molar-refractivity contribution in [3.8, 4) is 0 Å². The van der Waals surface area contributed by atoms with Gasteiger partial charge in [-0.25, -0.2) is 4.79 Å². The molecule has 0 radical (unpaired) electrons. The van der Waals surface area contributed by atoms with E-state index in [1.807, 2.05) is 12.1 Å². The number of carboxylic acid groups (broad SMARTS) is 1. The Labute approximate surface area is 153 Å². The third-order valence-corrected chi connectivity index (χ3v) is 4.86. The lowest BCUT2D eigenvalue weighted by Crippen LogP contribution is -2.38. The van der Waals surface area contributed by atoms with Gasteiger partial charge in [0.05, 0.1) is 17.7 Å². The molecule has 1 saturated heterocycles. The van der Waals surface area contributed by atoms with E-state index in [0.717, 1.165) is 4.90 Å². The van der Waals surface area contributed by atoms with E-state index in [1.165, 1.54) is 4.90 Å². The van der Waals surface area contributed by atoms with E-state index in [0.29, 0.717) is 23.9 Å². The number of aliphatic carboxylic acids is 1. The first-order valence-corrected chi connectivity index (χ1v) is 9.32. The summed E-state index contributed by atoms with van der Waals surface area (Å²) in [5.74, 6) is -1.60. The third kappa shape index (κ3) is 4.87. The lowest BCUT2D eigenvalue weighted by molar-refractivity contribution is -0.142. The maximum Gasteiger partial charge on any atom is 0.410 e. The molecule has 1 amide bonds. The summed E-state index contributed by atoms with van der Waals surface area (Å²) < 4.78 is 5.48. The van der Waals surface area contributed by atoms with Crippen LogP contribution >= 0.6 is 11.8 Å². The Morgan fingerprint density at radius 1 is 1.40 bits per heavy atom. The van der Waals surface area contributed by atoms with Gasteiger partial charge in [0, 0.05) is 22.9 Å². The summed E-state index contributed by atoms with van der Waals surface area (Å²) in [4.78, 5) is 31.2. The minimum atomic E-state index is -0.915. The first-order chi connectivity index (χ1) is 11.6. The number of thioether (sulfide) groups is 1. The van der Waals surface area contributed by atoms with Gasteiger partial charge in [-0.2, -0.15) is 0 Å². The van der Waals surface area contributed by atoms with E-state index < -0.39 is 29.6 Å². The first kappa shape index (κ1) is 19.6. The Kier molecular flexibility index (Phi) is 5.98. The lowest BCUT2D eigenvalue weighted by Gasteiger charge is -2.30. The highest BCUT2D eigenvalue weighted by atomic mass is 32.2. The van der Waals surface area contributed by atoms with Crippen LogP contribution in [-0.2, 0) is 9.53 Å². The fraction of sp³-hybridized carbons (Fsp3) is 0.611. The lowest BCUT2D eigenvalue weighted by atomic mass is 9.97. The van der Waals surface area contributed by atoms with Crippen LogP contribution in [0.2, 0.25) is 0 Å². The van der Waals surface area contributed by atoms with Gasteiger partial charge in [-0.05, 0) is 39.3 Å². The van der Waals surface area contributed by atoms with E-state index in [-0.39, 0.29) is 0 Å². The van der Waals surface area contributed by atoms with Crippen molar-refractivity contribution < 1.29 is 19.4 Å². The molecule has 25 heavy (non-hydrogen) atoms. The Morgan fingerprint density at radius 3 is 2.64 bits per heavy atom. The fourth-order valence-electron chi connectivity index (χ4n) is 2.89. The number of aromatic nitrogens is 1. The Morgan fingerprint density at radius 2 is 2.08 bits per heavy atom. The smallest absolute Gasteiger partial charge is 0.410 e. The third-order valence-electron chi connectivity index (χ3n) is 3.79. The molecule has 1 aliphatic rings. The highest BCUT2D eigenvalue weighted by Gasteiger charge is 2.45. The van der Waals surface area contributed by atoms with Gasteiger partial charge in [0.15, 0.2) is 0 Å². The fourth-order valence-corrected chi connectivity index (χ4v) is 3.85. The summed E-state index contributed by atoms with van der Waals surface area (Å²) >= 11 is 1.62. The SMILES string of the molecule is CC(C)Sc1cccnc1[C@H]1[C@H](C(=O)O)CCN1C(=O)OC(C)(C)C. The largest absolute Gasteiger partial charge is 0.481 e. The zero-order valence-corrected chi connectivity index (χ0v) is 16.2. The van der Waals surface area contributed by atoms with Crippen molar-refractivity contribution in [1.29, 1.82) is 0 Å². The van der Waals surface area contributed by atoms with Crippen LogP contribution in [0, 0.1) is 5.92 Å². The van der Waals surface area contributed by atoms with Crippen LogP contribution in [0.3, 0.4) is 0 Å². The van der Waals surface area contributed by atoms with Crippen molar-refractivity contribution in [3.63, 3.8) is 0 Å². The molecule has 2 rings (SSSR count).